The summed E-state index contributed by atoms with van der Waals surface area (Å²) in [5, 5.41) is 11.0. The molecule has 4 atom stereocenters. The third-order valence-electron chi connectivity index (χ3n) is 8.41. The Morgan fingerprint density at radius 3 is 2.40 bits per heavy atom. The summed E-state index contributed by atoms with van der Waals surface area (Å²) >= 11 is 3.21. The standard InChI is InChI=1S/C31H24BrNO7/c1-14(34)15-3-5-16(6-4-15)33-30(38)20-10-9-18-21(27(20)31(33)39)12-22-28(25(36)13-23(32)29(22)37)26(18)19-8-7-17(40-2)11-24(19)35/h3-9,11,13,20-21,26-27,35H,10,12H2,1-2H3/t20-,21+,26+,27-/m0/s1. The second-order valence-corrected chi connectivity index (χ2v) is 11.3. The first-order chi connectivity index (χ1) is 19.1. The smallest absolute Gasteiger partial charge is 0.238 e. The maximum Gasteiger partial charge on any atom is 0.238 e. The molecule has 1 fully saturated rings. The van der Waals surface area contributed by atoms with Crippen molar-refractivity contribution >= 4 is 50.8 Å². The van der Waals surface area contributed by atoms with Crippen molar-refractivity contribution in [1.29, 1.82) is 0 Å². The number of halogens is 1. The normalized spacial score (nSPS) is 25.7. The van der Waals surface area contributed by atoms with Crippen molar-refractivity contribution in [2.75, 3.05) is 12.0 Å². The highest BCUT2D eigenvalue weighted by molar-refractivity contribution is 9.12. The van der Waals surface area contributed by atoms with E-state index < -0.39 is 23.7 Å². The molecule has 0 saturated carbocycles. The van der Waals surface area contributed by atoms with Gasteiger partial charge in [0.15, 0.2) is 17.3 Å². The van der Waals surface area contributed by atoms with Gasteiger partial charge in [-0.1, -0.05) is 17.7 Å². The number of benzene rings is 2. The number of hydrogen-bond donors (Lipinski definition) is 1. The van der Waals surface area contributed by atoms with Crippen LogP contribution in [0, 0.1) is 17.8 Å². The molecule has 0 spiro atoms. The van der Waals surface area contributed by atoms with Gasteiger partial charge in [-0.05, 0) is 71.9 Å². The number of rotatable bonds is 4. The molecule has 1 saturated heterocycles. The number of nitrogens with zero attached hydrogens (tertiary/aromatic N) is 1. The minimum absolute atomic E-state index is 0.102. The molecule has 1 aliphatic heterocycles. The number of fused-ring (bicyclic) bond motifs is 3. The molecule has 0 bridgehead atoms. The molecule has 40 heavy (non-hydrogen) atoms. The highest BCUT2D eigenvalue weighted by Gasteiger charge is 2.56. The van der Waals surface area contributed by atoms with Crippen LogP contribution in [0.5, 0.6) is 11.5 Å². The quantitative estimate of drug-likeness (QED) is 0.236. The number of allylic oxidation sites excluding steroid dienone is 6. The zero-order valence-electron chi connectivity index (χ0n) is 21.6. The summed E-state index contributed by atoms with van der Waals surface area (Å²) < 4.78 is 5.36. The Hall–Kier alpha value is -4.11. The average Bonchev–Trinajstić information content (AvgIpc) is 3.20. The first-order valence-electron chi connectivity index (χ1n) is 12.9. The summed E-state index contributed by atoms with van der Waals surface area (Å²) in [6.45, 7) is 1.44. The molecular formula is C31H24BrNO7. The van der Waals surface area contributed by atoms with E-state index in [9.17, 15) is 29.1 Å². The van der Waals surface area contributed by atoms with E-state index in [4.69, 9.17) is 4.74 Å². The number of hydrogen-bond acceptors (Lipinski definition) is 7. The third-order valence-corrected chi connectivity index (χ3v) is 9.00. The number of ketones is 3. The number of ether oxygens (including phenoxy) is 1. The average molecular weight is 602 g/mol. The zero-order chi connectivity index (χ0) is 28.5. The second kappa shape index (κ2) is 9.52. The molecule has 2 aromatic carbocycles. The topological polar surface area (TPSA) is 118 Å². The number of anilines is 1. The van der Waals surface area contributed by atoms with Gasteiger partial charge in [0.1, 0.15) is 11.5 Å². The zero-order valence-corrected chi connectivity index (χ0v) is 23.2. The summed E-state index contributed by atoms with van der Waals surface area (Å²) in [7, 11) is 1.48. The fourth-order valence-electron chi connectivity index (χ4n) is 6.56. The largest absolute Gasteiger partial charge is 0.507 e. The van der Waals surface area contributed by atoms with Gasteiger partial charge in [0.25, 0.3) is 0 Å². The molecular weight excluding hydrogens is 578 g/mol. The van der Waals surface area contributed by atoms with E-state index in [1.54, 1.807) is 36.4 Å². The van der Waals surface area contributed by atoms with Crippen molar-refractivity contribution in [1.82, 2.24) is 0 Å². The van der Waals surface area contributed by atoms with Gasteiger partial charge in [-0.3, -0.25) is 28.9 Å². The maximum atomic E-state index is 13.9. The number of carbonyl (C=O) groups excluding carboxylic acids is 5. The van der Waals surface area contributed by atoms with E-state index in [1.807, 2.05) is 6.08 Å². The van der Waals surface area contributed by atoms with Crippen LogP contribution in [0.3, 0.4) is 0 Å². The van der Waals surface area contributed by atoms with Crippen LogP contribution in [0.1, 0.15) is 41.6 Å². The second-order valence-electron chi connectivity index (χ2n) is 10.4. The number of Topliss-reactive ketones (excluding diaryl/α,β-unsaturated/α-hetero) is 2. The van der Waals surface area contributed by atoms with Gasteiger partial charge < -0.3 is 9.84 Å². The van der Waals surface area contributed by atoms with Gasteiger partial charge in [0, 0.05) is 40.3 Å². The van der Waals surface area contributed by atoms with Crippen molar-refractivity contribution in [3.05, 3.63) is 86.9 Å². The van der Waals surface area contributed by atoms with Crippen LogP contribution in [0.4, 0.5) is 5.69 Å². The van der Waals surface area contributed by atoms with Gasteiger partial charge in [-0.25, -0.2) is 0 Å². The summed E-state index contributed by atoms with van der Waals surface area (Å²) in [5.41, 5.74) is 2.57. The lowest BCUT2D eigenvalue weighted by Crippen LogP contribution is -2.39. The predicted molar refractivity (Wildman–Crippen MR) is 148 cm³/mol. The van der Waals surface area contributed by atoms with E-state index in [0.717, 1.165) is 5.57 Å². The number of phenolic OH excluding ortho intramolecular Hbond substituents is 1. The summed E-state index contributed by atoms with van der Waals surface area (Å²) in [4.78, 5) is 67.1. The van der Waals surface area contributed by atoms with Crippen molar-refractivity contribution < 1.29 is 33.8 Å². The molecule has 2 aromatic rings. The van der Waals surface area contributed by atoms with Crippen molar-refractivity contribution in [2.45, 2.75) is 25.7 Å². The summed E-state index contributed by atoms with van der Waals surface area (Å²) in [6.07, 6.45) is 3.54. The molecule has 8 nitrogen and oxygen atoms in total. The molecule has 0 radical (unpaired) electrons. The maximum absolute atomic E-state index is 13.9. The summed E-state index contributed by atoms with van der Waals surface area (Å²) in [5.74, 6) is -3.88. The first-order valence-corrected chi connectivity index (χ1v) is 13.7. The molecule has 1 heterocycles. The van der Waals surface area contributed by atoms with E-state index >= 15 is 0 Å². The van der Waals surface area contributed by atoms with Crippen LogP contribution in [-0.2, 0) is 19.2 Å². The van der Waals surface area contributed by atoms with Gasteiger partial charge >= 0.3 is 0 Å². The van der Waals surface area contributed by atoms with Crippen molar-refractivity contribution in [3.8, 4) is 11.5 Å². The van der Waals surface area contributed by atoms with Gasteiger partial charge in [-0.15, -0.1) is 0 Å². The minimum atomic E-state index is -0.763. The number of amides is 2. The van der Waals surface area contributed by atoms with Crippen LogP contribution in [0.2, 0.25) is 0 Å². The molecule has 2 amide bonds. The molecule has 1 N–H and O–H groups in total. The van der Waals surface area contributed by atoms with Crippen molar-refractivity contribution in [2.24, 2.45) is 17.8 Å². The first kappa shape index (κ1) is 26.1. The molecule has 9 heteroatoms. The molecule has 6 rings (SSSR count). The van der Waals surface area contributed by atoms with Crippen LogP contribution in [0.15, 0.2) is 75.8 Å². The Kier molecular flexibility index (Phi) is 6.22. The molecule has 0 aromatic heterocycles. The Balaban J connectivity index is 1.46. The SMILES string of the molecule is COc1ccc([C@H]2C3=CC[C@@H]4C(=O)N(c5ccc(C(C)=O)cc5)C(=O)[C@@H]4[C@@H]3CC3=C2C(=O)C=C(Br)C3=O)c(O)c1. The van der Waals surface area contributed by atoms with Crippen LogP contribution in [-0.4, -0.2) is 41.4 Å². The van der Waals surface area contributed by atoms with E-state index in [1.165, 1.54) is 31.1 Å². The number of methoxy groups -OCH3 is 1. The molecule has 3 aliphatic carbocycles. The highest BCUT2D eigenvalue weighted by Crippen LogP contribution is 2.56. The lowest BCUT2D eigenvalue weighted by atomic mass is 9.59. The van der Waals surface area contributed by atoms with Gasteiger partial charge in [0.05, 0.1) is 29.1 Å². The Morgan fingerprint density at radius 2 is 1.75 bits per heavy atom. The van der Waals surface area contributed by atoms with Crippen LogP contribution < -0.4 is 9.64 Å². The molecule has 0 unspecified atom stereocenters. The summed E-state index contributed by atoms with van der Waals surface area (Å²) in [6, 6.07) is 11.1. The lowest BCUT2D eigenvalue weighted by molar-refractivity contribution is -0.123. The van der Waals surface area contributed by atoms with Crippen molar-refractivity contribution in [3.63, 3.8) is 0 Å². The predicted octanol–water partition coefficient (Wildman–Crippen LogP) is 4.57. The number of aromatic hydroxyl groups is 1. The fourth-order valence-corrected chi connectivity index (χ4v) is 7.00. The lowest BCUT2D eigenvalue weighted by Gasteiger charge is -2.42. The number of carbonyl (C=O) groups is 5. The van der Waals surface area contributed by atoms with Crippen LogP contribution >= 0.6 is 15.9 Å². The molecule has 4 aliphatic rings. The Labute approximate surface area is 238 Å². The van der Waals surface area contributed by atoms with Gasteiger partial charge in [0.2, 0.25) is 11.8 Å². The minimum Gasteiger partial charge on any atom is -0.507 e. The third kappa shape index (κ3) is 3.83. The molecule has 202 valence electrons. The van der Waals surface area contributed by atoms with Gasteiger partial charge in [-0.2, -0.15) is 0 Å². The Morgan fingerprint density at radius 1 is 1.02 bits per heavy atom. The van der Waals surface area contributed by atoms with Crippen LogP contribution in [0.25, 0.3) is 0 Å². The van der Waals surface area contributed by atoms with E-state index in [2.05, 4.69) is 15.9 Å². The Bertz CT molecular complexity index is 1630. The van der Waals surface area contributed by atoms with E-state index in [0.29, 0.717) is 22.6 Å². The van der Waals surface area contributed by atoms with E-state index in [-0.39, 0.29) is 63.4 Å². The highest BCUT2D eigenvalue weighted by atomic mass is 79.9. The fraction of sp³-hybridized carbons (Fsp3) is 0.258. The monoisotopic (exact) mass is 601 g/mol. The number of imide groups is 1. The number of phenols is 1.